The lowest BCUT2D eigenvalue weighted by atomic mass is 10.1. The van der Waals surface area contributed by atoms with Crippen LogP contribution in [-0.2, 0) is 15.7 Å². The molecule has 0 spiro atoms. The van der Waals surface area contributed by atoms with Crippen molar-refractivity contribution in [2.45, 2.75) is 32.5 Å². The van der Waals surface area contributed by atoms with E-state index in [4.69, 9.17) is 9.47 Å². The van der Waals surface area contributed by atoms with Gasteiger partial charge in [0.15, 0.2) is 0 Å². The lowest BCUT2D eigenvalue weighted by Gasteiger charge is -2.36. The van der Waals surface area contributed by atoms with Crippen LogP contribution in [0.3, 0.4) is 0 Å². The van der Waals surface area contributed by atoms with E-state index in [0.717, 1.165) is 18.3 Å². The highest BCUT2D eigenvalue weighted by Gasteiger charge is 2.31. The number of anilines is 5. The number of halogens is 3. The molecule has 1 fully saturated rings. The molecule has 0 bridgehead atoms. The highest BCUT2D eigenvalue weighted by atomic mass is 19.4. The molecule has 5 rings (SSSR count). The average Bonchev–Trinajstić information content (AvgIpc) is 3.04. The van der Waals surface area contributed by atoms with Gasteiger partial charge in [-0.2, -0.15) is 13.2 Å². The van der Waals surface area contributed by atoms with Crippen LogP contribution in [0.1, 0.15) is 36.7 Å². The van der Waals surface area contributed by atoms with Gasteiger partial charge >= 0.3 is 18.2 Å². The number of pyridine rings is 3. The number of methoxy groups -OCH3 is 1. The molecule has 0 saturated carbocycles. The van der Waals surface area contributed by atoms with Crippen molar-refractivity contribution in [3.63, 3.8) is 0 Å². The Hall–Kier alpha value is -5.40. The number of esters is 1. The third-order valence-electron chi connectivity index (χ3n) is 7.06. The number of hydrogen-bond donors (Lipinski definition) is 2. The molecule has 246 valence electrons. The number of hydrogen-bond acceptors (Lipinski definition) is 10. The number of piperazine rings is 1. The average molecular weight is 650 g/mol. The summed E-state index contributed by atoms with van der Waals surface area (Å²) in [6.45, 7) is 7.49. The molecule has 1 aromatic carbocycles. The number of aromatic nitrogens is 3. The monoisotopic (exact) mass is 649 g/mol. The summed E-state index contributed by atoms with van der Waals surface area (Å²) in [6.07, 6.45) is -2.17. The molecule has 3 aromatic heterocycles. The predicted molar refractivity (Wildman–Crippen MR) is 171 cm³/mol. The van der Waals surface area contributed by atoms with Crippen LogP contribution in [0.15, 0.2) is 73.1 Å². The van der Waals surface area contributed by atoms with Crippen molar-refractivity contribution in [2.75, 3.05) is 48.8 Å². The standard InChI is InChI=1S/C33H34F3N7O4/c1-32(2,3)47-31(45)43-15-13-42(14-16-43)29-17-22(9-11-38-29)26-19-25(39-24-7-5-21(6-8-24)30(44)46-4)20-28(40-26)41-27-18-23(10-12-37-27)33(34,35)36/h5-12,17-20H,13-16H2,1-4H3,(H2,37,39,40,41). The van der Waals surface area contributed by atoms with Crippen LogP contribution in [0, 0.1) is 0 Å². The number of ether oxygens (including phenoxy) is 2. The molecule has 0 unspecified atom stereocenters. The fraction of sp³-hybridized carbons (Fsp3) is 0.303. The van der Waals surface area contributed by atoms with Crippen LogP contribution >= 0.6 is 0 Å². The third kappa shape index (κ3) is 8.66. The summed E-state index contributed by atoms with van der Waals surface area (Å²) in [5.74, 6) is 0.421. The van der Waals surface area contributed by atoms with Crippen molar-refractivity contribution in [3.05, 3.63) is 84.2 Å². The van der Waals surface area contributed by atoms with E-state index in [0.29, 0.717) is 60.2 Å². The largest absolute Gasteiger partial charge is 0.465 e. The van der Waals surface area contributed by atoms with Crippen molar-refractivity contribution in [3.8, 4) is 11.3 Å². The Morgan fingerprint density at radius 3 is 2.17 bits per heavy atom. The van der Waals surface area contributed by atoms with E-state index in [1.165, 1.54) is 7.11 Å². The van der Waals surface area contributed by atoms with E-state index < -0.39 is 23.3 Å². The van der Waals surface area contributed by atoms with Gasteiger partial charge in [0.25, 0.3) is 0 Å². The minimum Gasteiger partial charge on any atom is -0.465 e. The quantitative estimate of drug-likeness (QED) is 0.205. The zero-order chi connectivity index (χ0) is 33.8. The molecule has 0 aliphatic carbocycles. The number of rotatable bonds is 7. The summed E-state index contributed by atoms with van der Waals surface area (Å²) < 4.78 is 50.4. The van der Waals surface area contributed by atoms with Crippen molar-refractivity contribution in [1.29, 1.82) is 0 Å². The topological polar surface area (TPSA) is 122 Å². The van der Waals surface area contributed by atoms with Gasteiger partial charge in [-0.15, -0.1) is 0 Å². The van der Waals surface area contributed by atoms with E-state index in [-0.39, 0.29) is 17.7 Å². The van der Waals surface area contributed by atoms with Crippen LogP contribution in [0.25, 0.3) is 11.3 Å². The summed E-state index contributed by atoms with van der Waals surface area (Å²) >= 11 is 0. The number of amides is 1. The van der Waals surface area contributed by atoms with Crippen LogP contribution in [-0.4, -0.2) is 70.8 Å². The molecule has 1 amide bonds. The fourth-order valence-corrected chi connectivity index (χ4v) is 4.79. The number of benzene rings is 1. The first-order chi connectivity index (χ1) is 22.3. The lowest BCUT2D eigenvalue weighted by Crippen LogP contribution is -2.50. The predicted octanol–water partition coefficient (Wildman–Crippen LogP) is 6.89. The zero-order valence-electron chi connectivity index (χ0n) is 26.3. The van der Waals surface area contributed by atoms with E-state index >= 15 is 0 Å². The van der Waals surface area contributed by atoms with E-state index in [1.54, 1.807) is 53.6 Å². The second-order valence-corrected chi connectivity index (χ2v) is 11.7. The second kappa shape index (κ2) is 13.5. The molecule has 0 atom stereocenters. The van der Waals surface area contributed by atoms with Gasteiger partial charge in [0.05, 0.1) is 23.9 Å². The molecule has 1 aliphatic heterocycles. The number of nitrogens with one attached hydrogen (secondary N) is 2. The fourth-order valence-electron chi connectivity index (χ4n) is 4.79. The summed E-state index contributed by atoms with van der Waals surface area (Å²) in [5.41, 5.74) is 1.37. The van der Waals surface area contributed by atoms with E-state index in [1.807, 2.05) is 26.8 Å². The van der Waals surface area contributed by atoms with Crippen molar-refractivity contribution in [2.24, 2.45) is 0 Å². The highest BCUT2D eigenvalue weighted by molar-refractivity contribution is 5.90. The molecule has 4 heterocycles. The third-order valence-corrected chi connectivity index (χ3v) is 7.06. The van der Waals surface area contributed by atoms with Crippen molar-refractivity contribution in [1.82, 2.24) is 19.9 Å². The Morgan fingerprint density at radius 1 is 0.809 bits per heavy atom. The van der Waals surface area contributed by atoms with Gasteiger partial charge in [-0.1, -0.05) is 0 Å². The van der Waals surface area contributed by atoms with Gasteiger partial charge in [0.1, 0.15) is 23.1 Å². The summed E-state index contributed by atoms with van der Waals surface area (Å²) in [6, 6.07) is 15.5. The van der Waals surface area contributed by atoms with Crippen molar-refractivity contribution < 1.29 is 32.2 Å². The Bertz CT molecular complexity index is 1740. The van der Waals surface area contributed by atoms with Crippen LogP contribution in [0.4, 0.5) is 46.8 Å². The molecule has 2 N–H and O–H groups in total. The number of alkyl halides is 3. The second-order valence-electron chi connectivity index (χ2n) is 11.7. The van der Waals surface area contributed by atoms with E-state index in [9.17, 15) is 22.8 Å². The highest BCUT2D eigenvalue weighted by Crippen LogP contribution is 2.32. The maximum atomic E-state index is 13.4. The van der Waals surface area contributed by atoms with Crippen LogP contribution in [0.5, 0.6) is 0 Å². The summed E-state index contributed by atoms with van der Waals surface area (Å²) in [7, 11) is 1.30. The number of nitrogens with zero attached hydrogens (tertiary/aromatic N) is 5. The molecule has 1 saturated heterocycles. The Kier molecular flexibility index (Phi) is 9.49. The summed E-state index contributed by atoms with van der Waals surface area (Å²) in [5, 5.41) is 6.16. The maximum absolute atomic E-state index is 13.4. The molecule has 14 heteroatoms. The minimum absolute atomic E-state index is 0.0314. The first-order valence-electron chi connectivity index (χ1n) is 14.7. The van der Waals surface area contributed by atoms with Gasteiger partial charge < -0.3 is 29.9 Å². The molecule has 47 heavy (non-hydrogen) atoms. The van der Waals surface area contributed by atoms with E-state index in [2.05, 4.69) is 30.5 Å². The van der Waals surface area contributed by atoms with Gasteiger partial charge in [0.2, 0.25) is 0 Å². The lowest BCUT2D eigenvalue weighted by molar-refractivity contribution is -0.137. The van der Waals surface area contributed by atoms with Gasteiger partial charge in [-0.25, -0.2) is 24.5 Å². The molecule has 4 aromatic rings. The minimum atomic E-state index is -4.54. The Balaban J connectivity index is 1.42. The van der Waals surface area contributed by atoms with Gasteiger partial charge in [0, 0.05) is 61.6 Å². The van der Waals surface area contributed by atoms with Crippen molar-refractivity contribution >= 4 is 40.9 Å². The van der Waals surface area contributed by atoms with Gasteiger partial charge in [-0.05, 0) is 75.4 Å². The first kappa shape index (κ1) is 33.0. The first-order valence-corrected chi connectivity index (χ1v) is 14.7. The van der Waals surface area contributed by atoms with Crippen LogP contribution < -0.4 is 15.5 Å². The Morgan fingerprint density at radius 2 is 1.51 bits per heavy atom. The van der Waals surface area contributed by atoms with Crippen LogP contribution in [0.2, 0.25) is 0 Å². The number of carbonyl (C=O) groups excluding carboxylic acids is 2. The smallest absolute Gasteiger partial charge is 0.416 e. The molecular formula is C33H34F3N7O4. The van der Waals surface area contributed by atoms with Gasteiger partial charge in [-0.3, -0.25) is 0 Å². The maximum Gasteiger partial charge on any atom is 0.416 e. The Labute approximate surface area is 269 Å². The molecule has 1 aliphatic rings. The normalized spacial score (nSPS) is 13.6. The SMILES string of the molecule is COC(=O)c1ccc(Nc2cc(Nc3cc(C(F)(F)F)ccn3)nc(-c3ccnc(N4CCN(C(=O)OC(C)(C)C)CC4)c3)c2)cc1. The molecule has 0 radical (unpaired) electrons. The number of carbonyl (C=O) groups is 2. The molecular weight excluding hydrogens is 615 g/mol. The molecule has 11 nitrogen and oxygen atoms in total. The zero-order valence-corrected chi connectivity index (χ0v) is 26.3. The summed E-state index contributed by atoms with van der Waals surface area (Å²) in [4.78, 5) is 41.4.